The maximum atomic E-state index is 17.2. The molecule has 3 saturated heterocycles. The van der Waals surface area contributed by atoms with E-state index in [0.29, 0.717) is 12.8 Å². The Morgan fingerprint density at radius 3 is 1.71 bits per heavy atom. The number of fused-ring (bicyclic) bond motifs is 4. The Hall–Kier alpha value is -5.94. The Morgan fingerprint density at radius 2 is 1.21 bits per heavy atom. The maximum Gasteiger partial charge on any atom is 0.510 e. The van der Waals surface area contributed by atoms with E-state index in [0.717, 1.165) is 34.4 Å². The number of phosphoric acid groups is 1. The largest absolute Gasteiger partial charge is 0.510 e. The average Bonchev–Trinajstić information content (AvgIpc) is 4.11. The number of rotatable bonds is 18. The van der Waals surface area contributed by atoms with Gasteiger partial charge in [-0.25, -0.2) is 57.4 Å². The zero-order valence-corrected chi connectivity index (χ0v) is 41.4. The average molecular weight is 1070 g/mol. The molecule has 28 nitrogen and oxygen atoms in total. The van der Waals surface area contributed by atoms with Crippen LogP contribution in [0.1, 0.15) is 65.8 Å². The molecule has 0 aliphatic carbocycles. The Bertz CT molecular complexity index is 2730. The van der Waals surface area contributed by atoms with Gasteiger partial charge in [-0.15, -0.1) is 13.2 Å². The zero-order chi connectivity index (χ0) is 52.5. The molecule has 32 heteroatoms. The van der Waals surface area contributed by atoms with Crippen molar-refractivity contribution in [3.8, 4) is 0 Å². The molecule has 0 saturated carbocycles. The Balaban J connectivity index is 1.22. The highest BCUT2D eigenvalue weighted by Crippen LogP contribution is 2.56. The van der Waals surface area contributed by atoms with Gasteiger partial charge in [0.1, 0.15) is 43.4 Å². The predicted molar refractivity (Wildman–Crippen MR) is 243 cm³/mol. The number of imidazole rings is 2. The Labute approximate surface area is 413 Å². The minimum Gasteiger partial charge on any atom is -0.432 e. The van der Waals surface area contributed by atoms with Crippen LogP contribution in [0.25, 0.3) is 22.3 Å². The first kappa shape index (κ1) is 54.8. The van der Waals surface area contributed by atoms with E-state index in [9.17, 15) is 28.3 Å². The highest BCUT2D eigenvalue weighted by molar-refractivity contribution is 7.53. The number of carbonyl (C=O) groups is 4. The molecule has 7 heterocycles. The Kier molecular flexibility index (Phi) is 18.3. The highest BCUT2D eigenvalue weighted by Gasteiger charge is 2.54. The molecule has 0 aromatic carbocycles. The number of carbonyl (C=O) groups excluding carboxylic acids is 4. The number of amides is 2. The van der Waals surface area contributed by atoms with Gasteiger partial charge >= 0.3 is 27.7 Å². The van der Waals surface area contributed by atoms with Crippen LogP contribution in [0, 0.1) is 0 Å². The Morgan fingerprint density at radius 1 is 0.726 bits per heavy atom. The predicted octanol–water partition coefficient (Wildman–Crippen LogP) is 6.09. The fraction of sp³-hybridized carbons (Fsp3) is 0.561. The number of phosphoric ester groups is 1. The summed E-state index contributed by atoms with van der Waals surface area (Å²) in [6, 6.07) is 0. The number of allylic oxidation sites excluding steroid dienone is 2. The summed E-state index contributed by atoms with van der Waals surface area (Å²) >= 11 is 0. The van der Waals surface area contributed by atoms with Crippen molar-refractivity contribution in [2.75, 3.05) is 43.8 Å². The summed E-state index contributed by atoms with van der Waals surface area (Å²) in [5.41, 5.74) is -0.0431. The van der Waals surface area contributed by atoms with E-state index >= 15 is 8.78 Å². The van der Waals surface area contributed by atoms with Crippen molar-refractivity contribution in [2.24, 2.45) is 0 Å². The molecule has 0 spiro atoms. The number of hydrogen-bond donors (Lipinski definition) is 2. The molecule has 3 unspecified atom stereocenters. The molecule has 10 atom stereocenters. The summed E-state index contributed by atoms with van der Waals surface area (Å²) in [4.78, 5) is 74.8. The molecule has 73 heavy (non-hydrogen) atoms. The van der Waals surface area contributed by atoms with Gasteiger partial charge in [-0.05, 0) is 40.5 Å². The van der Waals surface area contributed by atoms with Gasteiger partial charge in [0.2, 0.25) is 25.4 Å². The number of anilines is 2. The first-order chi connectivity index (χ1) is 34.9. The lowest BCUT2D eigenvalue weighted by Crippen LogP contribution is -2.35. The highest BCUT2D eigenvalue weighted by atomic mass is 31.2. The summed E-state index contributed by atoms with van der Waals surface area (Å²) in [6.07, 6.45) is -11.8. The SMILES string of the molecule is C=CCCC(=O)Nc1ncnc2c1ncn2[C@@H]1O[C@@H]2COP(=O)(OCOC(=O)OC(C)C)O[C@@H]3C(COP(=O)(OCOC(=O)OC(C)C)CO[C@H]2[C@H]1F)O[C@@H](n1cnc2c(NC(=O)CCC=C)ncnc21)[C@@H]3F. The molecule has 2 N–H and O–H groups in total. The second-order valence-corrected chi connectivity index (χ2v) is 20.1. The normalized spacial score (nSPS) is 27.5. The minimum atomic E-state index is -5.28. The second kappa shape index (κ2) is 24.4. The van der Waals surface area contributed by atoms with Crippen molar-refractivity contribution in [3.05, 3.63) is 50.6 Å². The lowest BCUT2D eigenvalue weighted by molar-refractivity contribution is -0.117. The fourth-order valence-corrected chi connectivity index (χ4v) is 9.60. The van der Waals surface area contributed by atoms with E-state index in [2.05, 4.69) is 53.7 Å². The van der Waals surface area contributed by atoms with E-state index in [1.54, 1.807) is 12.2 Å². The monoisotopic (exact) mass is 1070 g/mol. The van der Waals surface area contributed by atoms with Crippen molar-refractivity contribution in [1.82, 2.24) is 39.0 Å². The van der Waals surface area contributed by atoms with Crippen molar-refractivity contribution in [2.45, 2.75) is 115 Å². The van der Waals surface area contributed by atoms with Crippen LogP contribution in [-0.2, 0) is 74.5 Å². The van der Waals surface area contributed by atoms with Gasteiger partial charge in [0, 0.05) is 12.8 Å². The van der Waals surface area contributed by atoms with Crippen molar-refractivity contribution < 1.29 is 92.9 Å². The molecular weight excluding hydrogens is 1020 g/mol. The molecule has 3 fully saturated rings. The number of hydrogen-bond acceptors (Lipinski definition) is 24. The summed E-state index contributed by atoms with van der Waals surface area (Å²) in [7, 11) is -10.1. The van der Waals surface area contributed by atoms with E-state index in [-0.39, 0.29) is 46.8 Å². The van der Waals surface area contributed by atoms with E-state index in [1.165, 1.54) is 27.7 Å². The number of halogens is 2. The van der Waals surface area contributed by atoms with Gasteiger partial charge in [-0.2, -0.15) is 0 Å². The van der Waals surface area contributed by atoms with Crippen LogP contribution >= 0.6 is 15.4 Å². The van der Waals surface area contributed by atoms with E-state index in [4.69, 9.17) is 55.8 Å². The van der Waals surface area contributed by atoms with E-state index < -0.39 is 134 Å². The number of nitrogens with zero attached hydrogens (tertiary/aromatic N) is 8. The summed E-state index contributed by atoms with van der Waals surface area (Å²) < 4.78 is 132. The molecule has 0 bridgehead atoms. The quantitative estimate of drug-likeness (QED) is 0.0492. The summed E-state index contributed by atoms with van der Waals surface area (Å²) in [5, 5.41) is 5.23. The van der Waals surface area contributed by atoms with Gasteiger partial charge in [-0.3, -0.25) is 36.9 Å². The molecule has 4 aromatic rings. The molecular formula is C41H52F2N10O18P2. The van der Waals surface area contributed by atoms with Crippen LogP contribution in [0.5, 0.6) is 0 Å². The molecule has 2 amide bonds. The smallest absolute Gasteiger partial charge is 0.432 e. The van der Waals surface area contributed by atoms with Gasteiger partial charge in [0.15, 0.2) is 58.8 Å². The molecule has 0 radical (unpaired) electrons. The van der Waals surface area contributed by atoms with Crippen molar-refractivity contribution >= 4 is 73.5 Å². The second-order valence-electron chi connectivity index (χ2n) is 16.5. The maximum absolute atomic E-state index is 17.2. The molecule has 7 rings (SSSR count). The number of nitrogens with one attached hydrogen (secondary N) is 2. The third-order valence-corrected chi connectivity index (χ3v) is 13.3. The van der Waals surface area contributed by atoms with Crippen LogP contribution in [0.3, 0.4) is 0 Å². The summed E-state index contributed by atoms with van der Waals surface area (Å²) in [5.74, 6) is -0.896. The molecule has 3 aliphatic rings. The van der Waals surface area contributed by atoms with Crippen molar-refractivity contribution in [1.29, 1.82) is 0 Å². The third kappa shape index (κ3) is 13.6. The van der Waals surface area contributed by atoms with Crippen molar-refractivity contribution in [3.63, 3.8) is 0 Å². The number of alkyl halides is 2. The van der Waals surface area contributed by atoms with Crippen LogP contribution in [0.4, 0.5) is 30.0 Å². The van der Waals surface area contributed by atoms with Crippen LogP contribution in [0.2, 0.25) is 0 Å². The lowest BCUT2D eigenvalue weighted by atomic mass is 10.1. The minimum absolute atomic E-state index is 0.0107. The van der Waals surface area contributed by atoms with Crippen LogP contribution in [-0.4, -0.2) is 145 Å². The van der Waals surface area contributed by atoms with Crippen LogP contribution < -0.4 is 10.6 Å². The zero-order valence-electron chi connectivity index (χ0n) is 39.6. The van der Waals surface area contributed by atoms with Gasteiger partial charge in [0.05, 0.1) is 38.1 Å². The third-order valence-electron chi connectivity index (χ3n) is 10.5. The molecule has 3 aliphatic heterocycles. The van der Waals surface area contributed by atoms with Crippen LogP contribution in [0.15, 0.2) is 50.6 Å². The molecule has 398 valence electrons. The topological polar surface area (TPSA) is 324 Å². The fourth-order valence-electron chi connectivity index (χ4n) is 7.18. The lowest BCUT2D eigenvalue weighted by Gasteiger charge is -2.26. The first-order valence-corrected chi connectivity index (χ1v) is 25.6. The summed E-state index contributed by atoms with van der Waals surface area (Å²) in [6.45, 7) is 9.18. The van der Waals surface area contributed by atoms with Gasteiger partial charge in [-0.1, -0.05) is 12.2 Å². The standard InChI is InChI=1S/C41H52F2N10O18P2/c1-7-9-11-26(54)50-34-30-36(46-15-44-34)52(17-48-30)38-28(42)32-24(69-38)14-64-73(59,66-20-61-41(57)68-23(5)6)71-33-25(13-63-72(58,21-62-32)65-19-60-40(56)67-22(3)4)70-39(29(33)43)53-18-49-31-35(45-16-47-37(31)53)51-27(55)12-10-8-2/h7-8,15-18,22-25,28-29,32-33,38-39H,1-2,9-14,19-21H2,3-6H3,(H,44,46,50,54)(H,45,47,51,55)/t24-,25?,28-,29-,32-,33-,38-,39-,72?,73?/m1/s1. The number of aromatic nitrogens is 8. The number of ether oxygens (including phenoxy) is 7. The molecule has 4 aromatic heterocycles. The van der Waals surface area contributed by atoms with Gasteiger partial charge in [0.25, 0.3) is 0 Å². The van der Waals surface area contributed by atoms with E-state index in [1.807, 2.05) is 0 Å². The van der Waals surface area contributed by atoms with Gasteiger partial charge < -0.3 is 48.3 Å². The first-order valence-electron chi connectivity index (χ1n) is 22.4.